The SMILES string of the molecule is CN(C)CCN(C(=O)Nc1ccc(F)c(C(F)(F)F)c1)[C@@H]1CC[C@@]2(c3cccc(C#N)c3)CC2C1. The van der Waals surface area contributed by atoms with Crippen molar-refractivity contribution in [3.05, 3.63) is 65.0 Å². The van der Waals surface area contributed by atoms with Crippen LogP contribution in [0.3, 0.4) is 0 Å². The number of hydrogen-bond acceptors (Lipinski definition) is 3. The molecular formula is C26H28F4N4O. The number of fused-ring (bicyclic) bond motifs is 1. The van der Waals surface area contributed by atoms with Crippen molar-refractivity contribution in [2.24, 2.45) is 5.92 Å². The lowest BCUT2D eigenvalue weighted by atomic mass is 9.80. The van der Waals surface area contributed by atoms with E-state index in [1.807, 2.05) is 31.1 Å². The molecule has 0 spiro atoms. The predicted molar refractivity (Wildman–Crippen MR) is 124 cm³/mol. The van der Waals surface area contributed by atoms with Gasteiger partial charge in [-0.15, -0.1) is 0 Å². The van der Waals surface area contributed by atoms with E-state index < -0.39 is 23.6 Å². The monoisotopic (exact) mass is 488 g/mol. The lowest BCUT2D eigenvalue weighted by Crippen LogP contribution is -2.47. The first-order valence-electron chi connectivity index (χ1n) is 11.6. The molecule has 1 N–H and O–H groups in total. The van der Waals surface area contributed by atoms with Crippen LogP contribution < -0.4 is 5.32 Å². The molecule has 5 nitrogen and oxygen atoms in total. The maximum atomic E-state index is 13.7. The summed E-state index contributed by atoms with van der Waals surface area (Å²) in [5, 5.41) is 11.8. The molecule has 35 heavy (non-hydrogen) atoms. The van der Waals surface area contributed by atoms with Gasteiger partial charge in [0.15, 0.2) is 0 Å². The standard InChI is InChI=1S/C26H28F4N4O/c1-33(2)10-11-34(24(35)32-20-6-7-23(27)22(14-20)26(28,29)30)21-8-9-25(15-19(25)13-21)18-5-3-4-17(12-18)16-31/h3-7,12,14,19,21H,8-11,13,15H2,1-2H3,(H,32,35)/t19?,21-,25+/m1/s1. The fourth-order valence-corrected chi connectivity index (χ4v) is 5.32. The average molecular weight is 489 g/mol. The van der Waals surface area contributed by atoms with Crippen LogP contribution in [0.2, 0.25) is 0 Å². The fraction of sp³-hybridized carbons (Fsp3) is 0.462. The average Bonchev–Trinajstić information content (AvgIpc) is 3.55. The number of carbonyl (C=O) groups is 1. The Morgan fingerprint density at radius 1 is 1.20 bits per heavy atom. The number of alkyl halides is 3. The van der Waals surface area contributed by atoms with Crippen molar-refractivity contribution in [1.29, 1.82) is 5.26 Å². The third kappa shape index (κ3) is 5.27. The highest BCUT2D eigenvalue weighted by atomic mass is 19.4. The van der Waals surface area contributed by atoms with Gasteiger partial charge in [-0.1, -0.05) is 12.1 Å². The van der Waals surface area contributed by atoms with Gasteiger partial charge in [0.2, 0.25) is 0 Å². The van der Waals surface area contributed by atoms with Crippen LogP contribution in [0.1, 0.15) is 42.4 Å². The van der Waals surface area contributed by atoms with Crippen LogP contribution in [-0.2, 0) is 11.6 Å². The maximum absolute atomic E-state index is 13.7. The highest BCUT2D eigenvalue weighted by Crippen LogP contribution is 2.62. The number of nitrogens with zero attached hydrogens (tertiary/aromatic N) is 3. The second kappa shape index (κ2) is 9.50. The predicted octanol–water partition coefficient (Wildman–Crippen LogP) is 5.62. The molecule has 1 unspecified atom stereocenters. The highest BCUT2D eigenvalue weighted by molar-refractivity contribution is 5.89. The van der Waals surface area contributed by atoms with Gasteiger partial charge in [-0.2, -0.15) is 18.4 Å². The number of rotatable bonds is 6. The summed E-state index contributed by atoms with van der Waals surface area (Å²) in [5.41, 5.74) is 0.328. The number of nitrogens with one attached hydrogen (secondary N) is 1. The van der Waals surface area contributed by atoms with Crippen LogP contribution in [0.4, 0.5) is 28.0 Å². The van der Waals surface area contributed by atoms with Crippen LogP contribution in [0.25, 0.3) is 0 Å². The molecule has 0 heterocycles. The van der Waals surface area contributed by atoms with Gasteiger partial charge in [-0.3, -0.25) is 0 Å². The smallest absolute Gasteiger partial charge is 0.320 e. The van der Waals surface area contributed by atoms with Gasteiger partial charge < -0.3 is 15.1 Å². The molecule has 0 bridgehead atoms. The van der Waals surface area contributed by atoms with Crippen LogP contribution >= 0.6 is 0 Å². The number of urea groups is 1. The van der Waals surface area contributed by atoms with E-state index in [1.54, 1.807) is 11.0 Å². The van der Waals surface area contributed by atoms with E-state index in [9.17, 15) is 27.6 Å². The number of hydrogen-bond donors (Lipinski definition) is 1. The van der Waals surface area contributed by atoms with Crippen molar-refractivity contribution in [2.45, 2.75) is 43.3 Å². The molecule has 2 aromatic rings. The highest BCUT2D eigenvalue weighted by Gasteiger charge is 2.58. The van der Waals surface area contributed by atoms with Gasteiger partial charge in [0.1, 0.15) is 5.82 Å². The van der Waals surface area contributed by atoms with Gasteiger partial charge in [-0.05, 0) is 87.0 Å². The Bertz CT molecular complexity index is 1140. The van der Waals surface area contributed by atoms with Gasteiger partial charge in [0, 0.05) is 24.8 Å². The summed E-state index contributed by atoms with van der Waals surface area (Å²) in [6.45, 7) is 1.02. The Morgan fingerprint density at radius 2 is 1.97 bits per heavy atom. The van der Waals surface area contributed by atoms with E-state index in [0.29, 0.717) is 30.6 Å². The summed E-state index contributed by atoms with van der Waals surface area (Å²) < 4.78 is 53.0. The summed E-state index contributed by atoms with van der Waals surface area (Å²) in [6.07, 6.45) is -1.44. The first kappa shape index (κ1) is 25.0. The zero-order chi connectivity index (χ0) is 25.4. The van der Waals surface area contributed by atoms with Gasteiger partial charge in [-0.25, -0.2) is 9.18 Å². The Labute approximate surface area is 202 Å². The molecule has 4 rings (SSSR count). The summed E-state index contributed by atoms with van der Waals surface area (Å²) >= 11 is 0. The number of anilines is 1. The fourth-order valence-electron chi connectivity index (χ4n) is 5.32. The minimum Gasteiger partial charge on any atom is -0.320 e. The third-order valence-electron chi connectivity index (χ3n) is 7.29. The van der Waals surface area contributed by atoms with Crippen molar-refractivity contribution in [1.82, 2.24) is 9.80 Å². The van der Waals surface area contributed by atoms with Crippen molar-refractivity contribution in [2.75, 3.05) is 32.5 Å². The van der Waals surface area contributed by atoms with Crippen molar-refractivity contribution in [3.63, 3.8) is 0 Å². The summed E-state index contributed by atoms with van der Waals surface area (Å²) in [5.74, 6) is -0.995. The molecule has 2 fully saturated rings. The van der Waals surface area contributed by atoms with E-state index in [2.05, 4.69) is 17.5 Å². The number of halogens is 4. The first-order chi connectivity index (χ1) is 16.5. The number of nitriles is 1. The van der Waals surface area contributed by atoms with Gasteiger partial charge in [0.25, 0.3) is 0 Å². The number of benzene rings is 2. The zero-order valence-electron chi connectivity index (χ0n) is 19.7. The van der Waals surface area contributed by atoms with Crippen LogP contribution in [0.15, 0.2) is 42.5 Å². The van der Waals surface area contributed by atoms with E-state index in [4.69, 9.17) is 0 Å². The molecule has 2 aromatic carbocycles. The lowest BCUT2D eigenvalue weighted by molar-refractivity contribution is -0.139. The molecule has 186 valence electrons. The molecule has 0 aliphatic heterocycles. The van der Waals surface area contributed by atoms with Crippen LogP contribution in [0.5, 0.6) is 0 Å². The van der Waals surface area contributed by atoms with Gasteiger partial charge in [0.05, 0.1) is 17.2 Å². The maximum Gasteiger partial charge on any atom is 0.419 e. The summed E-state index contributed by atoms with van der Waals surface area (Å²) in [4.78, 5) is 16.9. The molecule has 2 saturated carbocycles. The van der Waals surface area contributed by atoms with Crippen molar-refractivity contribution >= 4 is 11.7 Å². The van der Waals surface area contributed by atoms with Gasteiger partial charge >= 0.3 is 12.2 Å². The zero-order valence-corrected chi connectivity index (χ0v) is 19.7. The third-order valence-corrected chi connectivity index (χ3v) is 7.29. The molecule has 9 heteroatoms. The van der Waals surface area contributed by atoms with E-state index in [-0.39, 0.29) is 17.1 Å². The Kier molecular flexibility index (Phi) is 6.78. The normalized spacial score (nSPS) is 23.4. The molecule has 0 saturated heterocycles. The van der Waals surface area contributed by atoms with Crippen molar-refractivity contribution in [3.8, 4) is 6.07 Å². The number of likely N-dealkylation sites (N-methyl/N-ethyl adjacent to an activating group) is 1. The van der Waals surface area contributed by atoms with E-state index in [0.717, 1.165) is 43.4 Å². The summed E-state index contributed by atoms with van der Waals surface area (Å²) in [7, 11) is 3.78. The molecule has 0 aromatic heterocycles. The topological polar surface area (TPSA) is 59.4 Å². The largest absolute Gasteiger partial charge is 0.419 e. The molecule has 3 atom stereocenters. The molecule has 2 amide bonds. The Hall–Kier alpha value is -3.12. The van der Waals surface area contributed by atoms with Crippen LogP contribution in [-0.4, -0.2) is 49.1 Å². The molecule has 0 radical (unpaired) electrons. The number of carbonyl (C=O) groups excluding carboxylic acids is 1. The number of amides is 2. The molecule has 2 aliphatic carbocycles. The van der Waals surface area contributed by atoms with Crippen molar-refractivity contribution < 1.29 is 22.4 Å². The lowest BCUT2D eigenvalue weighted by Gasteiger charge is -2.37. The second-order valence-corrected chi connectivity index (χ2v) is 9.80. The first-order valence-corrected chi connectivity index (χ1v) is 11.6. The quantitative estimate of drug-likeness (QED) is 0.537. The molecule has 2 aliphatic rings. The Morgan fingerprint density at radius 3 is 2.63 bits per heavy atom. The Balaban J connectivity index is 1.50. The molecular weight excluding hydrogens is 460 g/mol. The minimum absolute atomic E-state index is 0.0334. The van der Waals surface area contributed by atoms with Crippen LogP contribution in [0, 0.1) is 23.1 Å². The minimum atomic E-state index is -4.85. The second-order valence-electron chi connectivity index (χ2n) is 9.80. The summed E-state index contributed by atoms with van der Waals surface area (Å²) in [6, 6.07) is 11.8. The van der Waals surface area contributed by atoms with E-state index in [1.165, 1.54) is 0 Å². The van der Waals surface area contributed by atoms with E-state index >= 15 is 0 Å².